The van der Waals surface area contributed by atoms with E-state index in [9.17, 15) is 8.78 Å². The molecule has 0 unspecified atom stereocenters. The average Bonchev–Trinajstić information content (AvgIpc) is 3.16. The van der Waals surface area contributed by atoms with Gasteiger partial charge in [-0.3, -0.25) is 4.90 Å². The summed E-state index contributed by atoms with van der Waals surface area (Å²) in [5.74, 6) is 2.48. The number of aromatic nitrogens is 3. The van der Waals surface area contributed by atoms with Gasteiger partial charge in [-0.15, -0.1) is 0 Å². The molecule has 5 aliphatic rings. The van der Waals surface area contributed by atoms with Crippen LogP contribution in [0.3, 0.4) is 0 Å². The van der Waals surface area contributed by atoms with Gasteiger partial charge in [0, 0.05) is 19.1 Å². The molecule has 1 aromatic rings. The van der Waals surface area contributed by atoms with Gasteiger partial charge in [-0.25, -0.2) is 13.5 Å². The third kappa shape index (κ3) is 2.97. The predicted molar refractivity (Wildman–Crippen MR) is 104 cm³/mol. The second-order valence-corrected chi connectivity index (χ2v) is 9.88. The number of alkyl halides is 2. The molecule has 5 nitrogen and oxygen atoms in total. The highest BCUT2D eigenvalue weighted by Crippen LogP contribution is 2.59. The number of nitrogens with zero attached hydrogens (tertiary/aromatic N) is 4. The minimum Gasteiger partial charge on any atom is -0.351 e. The van der Waals surface area contributed by atoms with Crippen LogP contribution in [-0.4, -0.2) is 51.8 Å². The van der Waals surface area contributed by atoms with E-state index >= 15 is 0 Å². The normalized spacial score (nSPS) is 37.0. The summed E-state index contributed by atoms with van der Waals surface area (Å²) >= 11 is 0. The Hall–Kier alpha value is -1.50. The zero-order valence-electron chi connectivity index (χ0n) is 16.8. The van der Waals surface area contributed by atoms with Crippen molar-refractivity contribution in [1.82, 2.24) is 19.7 Å². The Balaban J connectivity index is 1.26. The van der Waals surface area contributed by atoms with E-state index < -0.39 is 12.5 Å². The van der Waals surface area contributed by atoms with Crippen LogP contribution >= 0.6 is 0 Å². The van der Waals surface area contributed by atoms with Crippen molar-refractivity contribution in [2.45, 2.75) is 64.5 Å². The Bertz CT molecular complexity index is 758. The number of rotatable bonds is 4. The molecule has 1 saturated carbocycles. The third-order valence-electron chi connectivity index (χ3n) is 8.09. The Morgan fingerprint density at radius 2 is 2.18 bits per heavy atom. The van der Waals surface area contributed by atoms with Gasteiger partial charge >= 0.3 is 0 Å². The van der Waals surface area contributed by atoms with Gasteiger partial charge < -0.3 is 5.32 Å². The maximum Gasteiger partial charge on any atom is 0.260 e. The number of likely N-dealkylation sites (tertiary alicyclic amines) is 1. The van der Waals surface area contributed by atoms with Gasteiger partial charge in [0.1, 0.15) is 12.4 Å². The molecule has 2 fully saturated rings. The molecule has 1 saturated heterocycles. The first-order chi connectivity index (χ1) is 13.4. The molecular formula is C21H31F2N5. The summed E-state index contributed by atoms with van der Waals surface area (Å²) in [6.45, 7) is 7.99. The van der Waals surface area contributed by atoms with Crippen molar-refractivity contribution in [2.75, 3.05) is 25.0 Å². The Morgan fingerprint density at radius 3 is 2.93 bits per heavy atom. The van der Waals surface area contributed by atoms with Gasteiger partial charge in [0.15, 0.2) is 0 Å². The standard InChI is InChI=1S/C21H31F2N5/c1-21(2)15-6-5-13(16(21)8-15)10-27-7-3-4-14(11-27)17-9-18(19(22)23)28-20(26-17)24-12-25-28/h5,12,14-19H,3-4,6-11H2,1-2H3,(H,24,25,26)/t14-,15+,16-,17+,18-/m1/s1. The van der Waals surface area contributed by atoms with E-state index in [-0.39, 0.29) is 6.04 Å². The van der Waals surface area contributed by atoms with E-state index in [4.69, 9.17) is 0 Å². The van der Waals surface area contributed by atoms with Crippen LogP contribution in [0.5, 0.6) is 0 Å². The topological polar surface area (TPSA) is 46.0 Å². The molecular weight excluding hydrogens is 360 g/mol. The molecule has 3 aliphatic carbocycles. The van der Waals surface area contributed by atoms with Crippen LogP contribution in [-0.2, 0) is 0 Å². The van der Waals surface area contributed by atoms with Crippen molar-refractivity contribution in [3.05, 3.63) is 18.0 Å². The second kappa shape index (κ2) is 6.78. The highest BCUT2D eigenvalue weighted by atomic mass is 19.3. The lowest BCUT2D eigenvalue weighted by Gasteiger charge is -2.57. The van der Waals surface area contributed by atoms with E-state index in [1.807, 2.05) is 0 Å². The average molecular weight is 392 g/mol. The van der Waals surface area contributed by atoms with Gasteiger partial charge in [-0.1, -0.05) is 25.5 Å². The highest BCUT2D eigenvalue weighted by Gasteiger charge is 2.51. The number of halogens is 2. The van der Waals surface area contributed by atoms with Crippen molar-refractivity contribution in [3.63, 3.8) is 0 Å². The molecule has 0 amide bonds. The lowest BCUT2D eigenvalue weighted by atomic mass is 9.49. The van der Waals surface area contributed by atoms with Gasteiger partial charge in [0.05, 0.1) is 0 Å². The quantitative estimate of drug-likeness (QED) is 0.789. The number of anilines is 1. The number of piperidine rings is 1. The molecule has 2 bridgehead atoms. The molecule has 6 rings (SSSR count). The van der Waals surface area contributed by atoms with Gasteiger partial charge in [0.2, 0.25) is 5.95 Å². The zero-order valence-corrected chi connectivity index (χ0v) is 16.8. The van der Waals surface area contributed by atoms with Crippen molar-refractivity contribution >= 4 is 5.95 Å². The van der Waals surface area contributed by atoms with Crippen molar-refractivity contribution < 1.29 is 8.78 Å². The highest BCUT2D eigenvalue weighted by molar-refractivity contribution is 5.30. The molecule has 0 aromatic carbocycles. The lowest BCUT2D eigenvalue weighted by Crippen LogP contribution is -2.51. The Labute approximate surface area is 165 Å². The summed E-state index contributed by atoms with van der Waals surface area (Å²) in [6, 6.07) is -0.823. The van der Waals surface area contributed by atoms with E-state index in [0.717, 1.165) is 44.3 Å². The first-order valence-corrected chi connectivity index (χ1v) is 10.8. The lowest BCUT2D eigenvalue weighted by molar-refractivity contribution is -0.0121. The molecule has 0 radical (unpaired) electrons. The molecule has 1 N–H and O–H groups in total. The van der Waals surface area contributed by atoms with Crippen LogP contribution in [0.2, 0.25) is 0 Å². The summed E-state index contributed by atoms with van der Waals surface area (Å²) in [5.41, 5.74) is 2.08. The van der Waals surface area contributed by atoms with Gasteiger partial charge in [0.25, 0.3) is 6.43 Å². The molecule has 1 aromatic heterocycles. The third-order valence-corrected chi connectivity index (χ3v) is 8.09. The van der Waals surface area contributed by atoms with Crippen LogP contribution in [0, 0.1) is 23.2 Å². The minimum absolute atomic E-state index is 0.0448. The molecule has 154 valence electrons. The maximum atomic E-state index is 13.6. The minimum atomic E-state index is -2.41. The Kier molecular flexibility index (Phi) is 4.49. The molecule has 5 atom stereocenters. The fraction of sp³-hybridized carbons (Fsp3) is 0.810. The molecule has 2 aliphatic heterocycles. The van der Waals surface area contributed by atoms with Crippen LogP contribution in [0.1, 0.15) is 52.0 Å². The van der Waals surface area contributed by atoms with E-state index in [1.54, 1.807) is 5.57 Å². The van der Waals surface area contributed by atoms with Crippen molar-refractivity contribution in [2.24, 2.45) is 23.2 Å². The monoisotopic (exact) mass is 391 g/mol. The SMILES string of the molecule is CC1(C)[C@H]2CC=C(CN3CCC[C@@H]([C@@H]4C[C@H](C(F)F)n5ncnc5N4)C3)[C@H]1C2. The van der Waals surface area contributed by atoms with Crippen molar-refractivity contribution in [3.8, 4) is 0 Å². The summed E-state index contributed by atoms with van der Waals surface area (Å²) in [5, 5.41) is 7.40. The number of hydrogen-bond acceptors (Lipinski definition) is 4. The molecule has 3 heterocycles. The smallest absolute Gasteiger partial charge is 0.260 e. The number of allylic oxidation sites excluding steroid dienone is 1. The van der Waals surface area contributed by atoms with Crippen molar-refractivity contribution in [1.29, 1.82) is 0 Å². The maximum absolute atomic E-state index is 13.6. The summed E-state index contributed by atoms with van der Waals surface area (Å²) in [7, 11) is 0. The van der Waals surface area contributed by atoms with E-state index in [2.05, 4.69) is 40.2 Å². The molecule has 7 heteroatoms. The zero-order chi connectivity index (χ0) is 19.5. The first-order valence-electron chi connectivity index (χ1n) is 10.8. The summed E-state index contributed by atoms with van der Waals surface area (Å²) < 4.78 is 28.5. The fourth-order valence-corrected chi connectivity index (χ4v) is 6.18. The van der Waals surface area contributed by atoms with E-state index in [1.165, 1.54) is 23.9 Å². The second-order valence-electron chi connectivity index (χ2n) is 9.88. The molecule has 0 spiro atoms. The van der Waals surface area contributed by atoms with Crippen LogP contribution in [0.25, 0.3) is 0 Å². The summed E-state index contributed by atoms with van der Waals surface area (Å²) in [4.78, 5) is 6.73. The van der Waals surface area contributed by atoms with Gasteiger partial charge in [-0.05, 0) is 61.8 Å². The largest absolute Gasteiger partial charge is 0.351 e. The summed E-state index contributed by atoms with van der Waals surface area (Å²) in [6.07, 6.45) is 6.68. The Morgan fingerprint density at radius 1 is 1.32 bits per heavy atom. The van der Waals surface area contributed by atoms with Gasteiger partial charge in [-0.2, -0.15) is 10.1 Å². The van der Waals surface area contributed by atoms with Crippen LogP contribution in [0.4, 0.5) is 14.7 Å². The van der Waals surface area contributed by atoms with Crippen LogP contribution in [0.15, 0.2) is 18.0 Å². The number of hydrogen-bond donors (Lipinski definition) is 1. The first kappa shape index (κ1) is 18.5. The predicted octanol–water partition coefficient (Wildman–Crippen LogP) is 3.97. The molecule has 28 heavy (non-hydrogen) atoms. The van der Waals surface area contributed by atoms with E-state index in [0.29, 0.717) is 23.7 Å². The van der Waals surface area contributed by atoms with Crippen LogP contribution < -0.4 is 5.32 Å². The number of nitrogens with one attached hydrogen (secondary N) is 1. The number of fused-ring (bicyclic) bond motifs is 2. The fourth-order valence-electron chi connectivity index (χ4n) is 6.18.